The summed E-state index contributed by atoms with van der Waals surface area (Å²) in [6.07, 6.45) is 1.87. The Balaban J connectivity index is 1.54. The summed E-state index contributed by atoms with van der Waals surface area (Å²) >= 11 is 18.7. The summed E-state index contributed by atoms with van der Waals surface area (Å²) < 4.78 is 25.2. The number of aromatic nitrogens is 1. The minimum absolute atomic E-state index is 0.401. The summed E-state index contributed by atoms with van der Waals surface area (Å²) in [6.45, 7) is 0.653. The van der Waals surface area contributed by atoms with Gasteiger partial charge in [0.15, 0.2) is 0 Å². The van der Waals surface area contributed by atoms with E-state index in [1.807, 2.05) is 42.5 Å². The molecule has 2 N–H and O–H groups in total. The van der Waals surface area contributed by atoms with Crippen LogP contribution in [0.25, 0.3) is 22.0 Å². The summed E-state index contributed by atoms with van der Waals surface area (Å²) in [5.74, 6) is 0. The predicted octanol–water partition coefficient (Wildman–Crippen LogP) is 6.89. The minimum atomic E-state index is -3.29. The van der Waals surface area contributed by atoms with Crippen molar-refractivity contribution in [3.05, 3.63) is 87.5 Å². The van der Waals surface area contributed by atoms with E-state index in [4.69, 9.17) is 34.8 Å². The number of hydrogen-bond acceptors (Lipinski definition) is 4. The van der Waals surface area contributed by atoms with Crippen LogP contribution < -0.4 is 10.0 Å². The average molecular weight is 521 g/mol. The first-order valence-corrected chi connectivity index (χ1v) is 13.1. The summed E-state index contributed by atoms with van der Waals surface area (Å²) in [4.78, 5) is 4.43. The van der Waals surface area contributed by atoms with E-state index < -0.39 is 10.0 Å². The van der Waals surface area contributed by atoms with Crippen molar-refractivity contribution in [2.45, 2.75) is 6.42 Å². The Morgan fingerprint density at radius 3 is 2.36 bits per heavy atom. The van der Waals surface area contributed by atoms with Gasteiger partial charge in [-0.15, -0.1) is 0 Å². The molecule has 1 aromatic heterocycles. The molecule has 4 aromatic rings. The van der Waals surface area contributed by atoms with Crippen molar-refractivity contribution in [2.24, 2.45) is 0 Å². The van der Waals surface area contributed by atoms with Gasteiger partial charge in [0.25, 0.3) is 0 Å². The van der Waals surface area contributed by atoms with E-state index >= 15 is 0 Å². The van der Waals surface area contributed by atoms with Gasteiger partial charge in [-0.25, -0.2) is 13.4 Å². The Morgan fingerprint density at radius 2 is 1.67 bits per heavy atom. The van der Waals surface area contributed by atoms with Crippen LogP contribution in [0.1, 0.15) is 5.56 Å². The number of nitrogens with one attached hydrogen (secondary N) is 2. The number of fused-ring (bicyclic) bond motifs is 1. The molecular formula is C24H20Cl3N3O2S. The lowest BCUT2D eigenvalue weighted by molar-refractivity contribution is 0.607. The number of benzene rings is 3. The normalized spacial score (nSPS) is 11.5. The number of rotatable bonds is 7. The SMILES string of the molecule is CS(=O)(=O)Nc1ccc(CCNc2cc(Cl)nc3ccc(-c4ccc(Cl)cc4Cl)cc23)cc1. The maximum Gasteiger partial charge on any atom is 0.229 e. The second kappa shape index (κ2) is 9.77. The first-order chi connectivity index (χ1) is 15.7. The number of sulfonamides is 1. The monoisotopic (exact) mass is 519 g/mol. The maximum absolute atomic E-state index is 11.3. The van der Waals surface area contributed by atoms with E-state index in [-0.39, 0.29) is 0 Å². The minimum Gasteiger partial charge on any atom is -0.384 e. The number of hydrogen-bond donors (Lipinski definition) is 2. The molecular weight excluding hydrogens is 501 g/mol. The molecule has 0 aliphatic carbocycles. The standard InChI is InChI=1S/C24H20Cl3N3O2S/c1-33(31,32)30-18-6-2-15(3-7-18)10-11-28-23-14-24(27)29-22-9-4-16(12-20(22)23)19-8-5-17(25)13-21(19)26/h2-9,12-14,30H,10-11H2,1H3,(H,28,29). The Bertz CT molecular complexity index is 1430. The Morgan fingerprint density at radius 1 is 0.909 bits per heavy atom. The molecule has 0 aliphatic heterocycles. The highest BCUT2D eigenvalue weighted by Crippen LogP contribution is 2.34. The molecule has 0 radical (unpaired) electrons. The zero-order valence-electron chi connectivity index (χ0n) is 17.6. The fourth-order valence-corrected chi connectivity index (χ4v) is 4.81. The summed E-state index contributed by atoms with van der Waals surface area (Å²) in [5, 5.41) is 5.93. The van der Waals surface area contributed by atoms with Gasteiger partial charge in [-0.2, -0.15) is 0 Å². The van der Waals surface area contributed by atoms with E-state index in [0.29, 0.717) is 27.4 Å². The summed E-state index contributed by atoms with van der Waals surface area (Å²) in [7, 11) is -3.29. The van der Waals surface area contributed by atoms with E-state index in [2.05, 4.69) is 15.0 Å². The van der Waals surface area contributed by atoms with E-state index in [1.165, 1.54) is 0 Å². The van der Waals surface area contributed by atoms with Crippen molar-refractivity contribution in [2.75, 3.05) is 22.8 Å². The third-order valence-corrected chi connectivity index (χ3v) is 6.35. The lowest BCUT2D eigenvalue weighted by Crippen LogP contribution is -2.09. The van der Waals surface area contributed by atoms with Crippen LogP contribution >= 0.6 is 34.8 Å². The molecule has 0 atom stereocenters. The summed E-state index contributed by atoms with van der Waals surface area (Å²) in [5.41, 5.74) is 5.08. The molecule has 33 heavy (non-hydrogen) atoms. The highest BCUT2D eigenvalue weighted by Gasteiger charge is 2.10. The predicted molar refractivity (Wildman–Crippen MR) is 139 cm³/mol. The third kappa shape index (κ3) is 6.09. The molecule has 9 heteroatoms. The van der Waals surface area contributed by atoms with E-state index in [0.717, 1.165) is 46.0 Å². The van der Waals surface area contributed by atoms with Gasteiger partial charge < -0.3 is 5.32 Å². The molecule has 5 nitrogen and oxygen atoms in total. The zero-order valence-corrected chi connectivity index (χ0v) is 20.7. The van der Waals surface area contributed by atoms with Crippen molar-refractivity contribution >= 4 is 67.1 Å². The van der Waals surface area contributed by atoms with Gasteiger partial charge in [-0.05, 0) is 60.0 Å². The molecule has 0 saturated heterocycles. The van der Waals surface area contributed by atoms with Crippen LogP contribution in [0.2, 0.25) is 15.2 Å². The molecule has 0 amide bonds. The molecule has 0 spiro atoms. The molecule has 0 fully saturated rings. The lowest BCUT2D eigenvalue weighted by Gasteiger charge is -2.13. The highest BCUT2D eigenvalue weighted by atomic mass is 35.5. The highest BCUT2D eigenvalue weighted by molar-refractivity contribution is 7.92. The van der Waals surface area contributed by atoms with E-state index in [9.17, 15) is 8.42 Å². The largest absolute Gasteiger partial charge is 0.384 e. The lowest BCUT2D eigenvalue weighted by atomic mass is 10.0. The van der Waals surface area contributed by atoms with Crippen LogP contribution in [0.15, 0.2) is 66.7 Å². The molecule has 170 valence electrons. The van der Waals surface area contributed by atoms with Crippen molar-refractivity contribution < 1.29 is 8.42 Å². The molecule has 3 aromatic carbocycles. The fourth-order valence-electron chi connectivity index (χ4n) is 3.53. The molecule has 0 aliphatic rings. The van der Waals surface area contributed by atoms with Gasteiger partial charge in [0.1, 0.15) is 5.15 Å². The zero-order chi connectivity index (χ0) is 23.6. The molecule has 0 saturated carbocycles. The quantitative estimate of drug-likeness (QED) is 0.260. The van der Waals surface area contributed by atoms with E-state index in [1.54, 1.807) is 24.3 Å². The van der Waals surface area contributed by atoms with Crippen LogP contribution in [0, 0.1) is 0 Å². The molecule has 1 heterocycles. The van der Waals surface area contributed by atoms with Gasteiger partial charge in [-0.3, -0.25) is 4.72 Å². The Kier molecular flexibility index (Phi) is 7.00. The van der Waals surface area contributed by atoms with Crippen molar-refractivity contribution in [1.29, 1.82) is 0 Å². The maximum atomic E-state index is 11.3. The van der Waals surface area contributed by atoms with Gasteiger partial charge in [-0.1, -0.05) is 59.1 Å². The van der Waals surface area contributed by atoms with Crippen LogP contribution in [0.4, 0.5) is 11.4 Å². The number of nitrogens with zero attached hydrogens (tertiary/aromatic N) is 1. The first kappa shape index (κ1) is 23.6. The van der Waals surface area contributed by atoms with Crippen molar-refractivity contribution in [3.8, 4) is 11.1 Å². The third-order valence-electron chi connectivity index (χ3n) is 5.01. The van der Waals surface area contributed by atoms with Gasteiger partial charge in [0.2, 0.25) is 10.0 Å². The number of anilines is 2. The summed E-state index contributed by atoms with van der Waals surface area (Å²) in [6, 6.07) is 20.4. The fraction of sp³-hybridized carbons (Fsp3) is 0.125. The smallest absolute Gasteiger partial charge is 0.229 e. The van der Waals surface area contributed by atoms with Crippen molar-refractivity contribution in [3.63, 3.8) is 0 Å². The molecule has 0 bridgehead atoms. The molecule has 4 rings (SSSR count). The van der Waals surface area contributed by atoms with Crippen LogP contribution in [0.5, 0.6) is 0 Å². The van der Waals surface area contributed by atoms with Crippen LogP contribution in [0.3, 0.4) is 0 Å². The Labute approximate surface area is 207 Å². The second-order valence-electron chi connectivity index (χ2n) is 7.60. The first-order valence-electron chi connectivity index (χ1n) is 10.0. The molecule has 0 unspecified atom stereocenters. The Hall–Kier alpha value is -2.51. The van der Waals surface area contributed by atoms with Crippen LogP contribution in [-0.4, -0.2) is 26.2 Å². The van der Waals surface area contributed by atoms with Gasteiger partial charge in [0, 0.05) is 38.9 Å². The topological polar surface area (TPSA) is 71.1 Å². The van der Waals surface area contributed by atoms with Gasteiger partial charge in [0.05, 0.1) is 11.8 Å². The van der Waals surface area contributed by atoms with Crippen molar-refractivity contribution in [1.82, 2.24) is 4.98 Å². The number of halogens is 3. The second-order valence-corrected chi connectivity index (χ2v) is 10.6. The van der Waals surface area contributed by atoms with Crippen LogP contribution in [-0.2, 0) is 16.4 Å². The average Bonchev–Trinajstić information content (AvgIpc) is 2.74. The number of pyridine rings is 1. The van der Waals surface area contributed by atoms with Gasteiger partial charge >= 0.3 is 0 Å².